The molecule has 0 bridgehead atoms. The average Bonchev–Trinajstić information content (AvgIpc) is 3.59. The van der Waals surface area contributed by atoms with Crippen LogP contribution in [0.15, 0.2) is 170 Å². The third-order valence-corrected chi connectivity index (χ3v) is 11.7. The lowest BCUT2D eigenvalue weighted by atomic mass is 9.93. The number of rotatable bonds is 3. The van der Waals surface area contributed by atoms with Gasteiger partial charge in [-0.1, -0.05) is 146 Å². The standard InChI is InChI=1S/C48H28N2S/c1-2-10-37-35(8-1)36-9-3-4-11-38(36)42-28-33(22-25-39(37)42)44-27-24-32-21-20-31-23-26-43(49-46(31)47(32)50-44)30-18-16-29(17-19-30)34-13-7-14-41-40-12-5-6-15-45(40)51-48(34)41/h1-28H. The Bertz CT molecular complexity index is 3160. The minimum atomic E-state index is 0.920. The van der Waals surface area contributed by atoms with E-state index in [0.717, 1.165) is 44.3 Å². The molecule has 0 saturated heterocycles. The van der Waals surface area contributed by atoms with Crippen molar-refractivity contribution in [2.24, 2.45) is 0 Å². The molecule has 11 aromatic rings. The lowest BCUT2D eigenvalue weighted by Gasteiger charge is -2.12. The molecule has 0 aliphatic rings. The minimum Gasteiger partial charge on any atom is -0.245 e. The summed E-state index contributed by atoms with van der Waals surface area (Å²) in [6, 6.07) is 61.3. The van der Waals surface area contributed by atoms with E-state index in [4.69, 9.17) is 9.97 Å². The van der Waals surface area contributed by atoms with Gasteiger partial charge in [0.25, 0.3) is 0 Å². The molecule has 0 aliphatic carbocycles. The van der Waals surface area contributed by atoms with Gasteiger partial charge in [0.2, 0.25) is 0 Å². The van der Waals surface area contributed by atoms with E-state index in [1.54, 1.807) is 0 Å². The highest BCUT2D eigenvalue weighted by molar-refractivity contribution is 7.26. The Labute approximate surface area is 297 Å². The minimum absolute atomic E-state index is 0.920. The molecule has 0 saturated carbocycles. The van der Waals surface area contributed by atoms with Gasteiger partial charge in [-0.2, -0.15) is 0 Å². The first kappa shape index (κ1) is 28.4. The van der Waals surface area contributed by atoms with Gasteiger partial charge in [-0.25, -0.2) is 9.97 Å². The number of pyridine rings is 2. The SMILES string of the molecule is c1ccc2c(c1)sc1c(-c3ccc(-c4ccc5ccc6ccc(-c7ccc8c9ccccc9c9ccccc9c8c7)nc6c5n4)cc3)cccc12. The molecule has 0 fully saturated rings. The number of hydrogen-bond acceptors (Lipinski definition) is 3. The van der Waals surface area contributed by atoms with Crippen molar-refractivity contribution in [2.45, 2.75) is 0 Å². The van der Waals surface area contributed by atoms with Gasteiger partial charge in [0.1, 0.15) is 0 Å². The van der Waals surface area contributed by atoms with Crippen molar-refractivity contribution in [1.82, 2.24) is 9.97 Å². The van der Waals surface area contributed by atoms with Gasteiger partial charge in [-0.3, -0.25) is 0 Å². The molecule has 0 aliphatic heterocycles. The molecule has 8 aromatic carbocycles. The van der Waals surface area contributed by atoms with E-state index in [2.05, 4.69) is 170 Å². The second kappa shape index (κ2) is 11.0. The quantitative estimate of drug-likeness (QED) is 0.176. The van der Waals surface area contributed by atoms with E-state index >= 15 is 0 Å². The number of thiophene rings is 1. The van der Waals surface area contributed by atoms with Crippen molar-refractivity contribution in [3.63, 3.8) is 0 Å². The zero-order valence-electron chi connectivity index (χ0n) is 27.5. The molecule has 3 heteroatoms. The maximum Gasteiger partial charge on any atom is 0.0972 e. The summed E-state index contributed by atoms with van der Waals surface area (Å²) < 4.78 is 2.65. The van der Waals surface area contributed by atoms with Crippen LogP contribution in [0, 0.1) is 0 Å². The number of fused-ring (bicyclic) bond motifs is 12. The predicted molar refractivity (Wildman–Crippen MR) is 219 cm³/mol. The van der Waals surface area contributed by atoms with Crippen LogP contribution >= 0.6 is 11.3 Å². The molecule has 2 nitrogen and oxygen atoms in total. The third kappa shape index (κ3) is 4.42. The monoisotopic (exact) mass is 664 g/mol. The molecule has 51 heavy (non-hydrogen) atoms. The summed E-state index contributed by atoms with van der Waals surface area (Å²) in [5.74, 6) is 0. The van der Waals surface area contributed by atoms with E-state index in [1.165, 1.54) is 63.6 Å². The Balaban J connectivity index is 1.02. The summed E-state index contributed by atoms with van der Waals surface area (Å²) in [5, 5.41) is 12.4. The van der Waals surface area contributed by atoms with Crippen LogP contribution < -0.4 is 0 Å². The first-order valence-corrected chi connectivity index (χ1v) is 18.1. The van der Waals surface area contributed by atoms with Gasteiger partial charge in [0.05, 0.1) is 22.4 Å². The van der Waals surface area contributed by atoms with Crippen molar-refractivity contribution in [2.75, 3.05) is 0 Å². The van der Waals surface area contributed by atoms with Crippen LogP contribution in [0.2, 0.25) is 0 Å². The van der Waals surface area contributed by atoms with Gasteiger partial charge >= 0.3 is 0 Å². The highest BCUT2D eigenvalue weighted by atomic mass is 32.1. The summed E-state index contributed by atoms with van der Waals surface area (Å²) in [7, 11) is 0. The number of benzene rings is 8. The zero-order valence-corrected chi connectivity index (χ0v) is 28.3. The molecule has 3 aromatic heterocycles. The Hall–Kier alpha value is -6.42. The van der Waals surface area contributed by atoms with Crippen LogP contribution in [-0.4, -0.2) is 9.97 Å². The maximum atomic E-state index is 5.30. The van der Waals surface area contributed by atoms with E-state index < -0.39 is 0 Å². The fourth-order valence-electron chi connectivity index (χ4n) is 7.95. The van der Waals surface area contributed by atoms with Crippen LogP contribution in [0.25, 0.3) is 108 Å². The van der Waals surface area contributed by atoms with Crippen molar-refractivity contribution < 1.29 is 0 Å². The topological polar surface area (TPSA) is 25.8 Å². The largest absolute Gasteiger partial charge is 0.245 e. The van der Waals surface area contributed by atoms with E-state index in [-0.39, 0.29) is 0 Å². The van der Waals surface area contributed by atoms with Crippen molar-refractivity contribution in [3.8, 4) is 33.6 Å². The second-order valence-electron chi connectivity index (χ2n) is 13.3. The summed E-state index contributed by atoms with van der Waals surface area (Å²) in [5.41, 5.74) is 8.40. The lowest BCUT2D eigenvalue weighted by molar-refractivity contribution is 1.37. The molecular formula is C48H28N2S. The van der Waals surface area contributed by atoms with Gasteiger partial charge in [0, 0.05) is 42.1 Å². The molecule has 0 radical (unpaired) electrons. The normalized spacial score (nSPS) is 11.9. The van der Waals surface area contributed by atoms with Gasteiger partial charge in [0.15, 0.2) is 0 Å². The molecule has 0 amide bonds. The average molecular weight is 665 g/mol. The Morgan fingerprint density at radius 2 is 0.824 bits per heavy atom. The summed E-state index contributed by atoms with van der Waals surface area (Å²) in [6.07, 6.45) is 0. The van der Waals surface area contributed by atoms with Gasteiger partial charge in [-0.05, 0) is 67.7 Å². The first-order valence-electron chi connectivity index (χ1n) is 17.3. The summed E-state index contributed by atoms with van der Waals surface area (Å²) in [4.78, 5) is 10.6. The molecule has 0 unspecified atom stereocenters. The summed E-state index contributed by atoms with van der Waals surface area (Å²) in [6.45, 7) is 0. The Morgan fingerprint density at radius 3 is 1.49 bits per heavy atom. The highest BCUT2D eigenvalue weighted by Crippen LogP contribution is 2.41. The van der Waals surface area contributed by atoms with Crippen LogP contribution in [0.4, 0.5) is 0 Å². The number of aromatic nitrogens is 2. The molecule has 236 valence electrons. The fourth-order valence-corrected chi connectivity index (χ4v) is 9.19. The highest BCUT2D eigenvalue weighted by Gasteiger charge is 2.14. The van der Waals surface area contributed by atoms with E-state index in [0.29, 0.717) is 0 Å². The van der Waals surface area contributed by atoms with E-state index in [9.17, 15) is 0 Å². The molecule has 0 N–H and O–H groups in total. The molecule has 11 rings (SSSR count). The van der Waals surface area contributed by atoms with Gasteiger partial charge in [-0.15, -0.1) is 11.3 Å². The summed E-state index contributed by atoms with van der Waals surface area (Å²) >= 11 is 1.87. The number of hydrogen-bond donors (Lipinski definition) is 0. The second-order valence-corrected chi connectivity index (χ2v) is 14.4. The molecule has 3 heterocycles. The molecule has 0 atom stereocenters. The zero-order chi connectivity index (χ0) is 33.5. The number of nitrogens with zero attached hydrogens (tertiary/aromatic N) is 2. The first-order chi connectivity index (χ1) is 25.3. The molecule has 0 spiro atoms. The van der Waals surface area contributed by atoms with Crippen molar-refractivity contribution in [1.29, 1.82) is 0 Å². The third-order valence-electron chi connectivity index (χ3n) is 10.5. The van der Waals surface area contributed by atoms with Crippen LogP contribution in [0.1, 0.15) is 0 Å². The predicted octanol–water partition coefficient (Wildman–Crippen LogP) is 13.6. The van der Waals surface area contributed by atoms with Gasteiger partial charge < -0.3 is 0 Å². The Morgan fingerprint density at radius 1 is 0.333 bits per heavy atom. The van der Waals surface area contributed by atoms with Crippen molar-refractivity contribution in [3.05, 3.63) is 170 Å². The maximum absolute atomic E-state index is 5.30. The van der Waals surface area contributed by atoms with Crippen LogP contribution in [0.3, 0.4) is 0 Å². The van der Waals surface area contributed by atoms with E-state index in [1.807, 2.05) is 11.3 Å². The van der Waals surface area contributed by atoms with Crippen molar-refractivity contribution >= 4 is 85.6 Å². The lowest BCUT2D eigenvalue weighted by Crippen LogP contribution is -1.91. The smallest absolute Gasteiger partial charge is 0.0972 e. The van der Waals surface area contributed by atoms with Crippen LogP contribution in [-0.2, 0) is 0 Å². The van der Waals surface area contributed by atoms with Crippen LogP contribution in [0.5, 0.6) is 0 Å². The Kier molecular flexibility index (Phi) is 6.16. The fraction of sp³-hybridized carbons (Fsp3) is 0. The molecular weight excluding hydrogens is 637 g/mol.